The van der Waals surface area contributed by atoms with Crippen LogP contribution in [-0.2, 0) is 22.6 Å². The van der Waals surface area contributed by atoms with Gasteiger partial charge in [-0.2, -0.15) is 5.26 Å². The first-order valence-corrected chi connectivity index (χ1v) is 13.7. The summed E-state index contributed by atoms with van der Waals surface area (Å²) in [5, 5.41) is 16.3. The van der Waals surface area contributed by atoms with Crippen LogP contribution in [0.2, 0.25) is 0 Å². The molecular weight excluding hydrogens is 516 g/mol. The van der Waals surface area contributed by atoms with Gasteiger partial charge in [0.05, 0.1) is 24.9 Å². The highest BCUT2D eigenvalue weighted by Gasteiger charge is 2.24. The second-order valence-electron chi connectivity index (χ2n) is 9.92. The van der Waals surface area contributed by atoms with Gasteiger partial charge in [-0.05, 0) is 54.7 Å². The van der Waals surface area contributed by atoms with Gasteiger partial charge in [0.15, 0.2) is 6.61 Å². The molecular formula is C33H35N4O4. The second kappa shape index (κ2) is 14.6. The number of carbonyl (C=O) groups excluding carboxylic acids is 2. The third-order valence-corrected chi connectivity index (χ3v) is 6.93. The largest absolute Gasteiger partial charge is 0.496 e. The standard InChI is InChI=1S/C33H35N4O4/c1-24(38)37(21-26-10-3-6-13-32(26)40-2)22-28(19-27-20-35-31-12-5-4-11-30(27)31)36-33(39)23-41-29-16-14-25(15-17-29)9-7-8-18-34/h3-6,10-17,20,28H,7-9,19,21-23H2,1-2H3,(H,36,39). The summed E-state index contributed by atoms with van der Waals surface area (Å²) in [4.78, 5) is 27.5. The molecule has 1 unspecified atom stereocenters. The van der Waals surface area contributed by atoms with Gasteiger partial charge in [0.1, 0.15) is 11.5 Å². The van der Waals surface area contributed by atoms with Crippen LogP contribution in [-0.4, -0.2) is 43.0 Å². The first-order valence-electron chi connectivity index (χ1n) is 13.7. The Morgan fingerprint density at radius 2 is 1.80 bits per heavy atom. The highest BCUT2D eigenvalue weighted by molar-refractivity contribution is 5.81. The summed E-state index contributed by atoms with van der Waals surface area (Å²) in [5.41, 5.74) is 4.92. The quantitative estimate of drug-likeness (QED) is 0.280. The first kappa shape index (κ1) is 29.2. The van der Waals surface area contributed by atoms with Crippen molar-refractivity contribution < 1.29 is 19.1 Å². The number of hydrogen-bond donors (Lipinski definition) is 1. The van der Waals surface area contributed by atoms with Crippen LogP contribution in [0.4, 0.5) is 5.69 Å². The van der Waals surface area contributed by atoms with Gasteiger partial charge in [-0.15, -0.1) is 0 Å². The fraction of sp³-hybridized carbons (Fsp3) is 0.303. The summed E-state index contributed by atoms with van der Waals surface area (Å²) in [6, 6.07) is 24.8. The number of nitriles is 1. The average Bonchev–Trinajstić information content (AvgIpc) is 3.39. The summed E-state index contributed by atoms with van der Waals surface area (Å²) < 4.78 is 11.2. The van der Waals surface area contributed by atoms with Crippen LogP contribution in [0.15, 0.2) is 79.0 Å². The summed E-state index contributed by atoms with van der Waals surface area (Å²) in [5.74, 6) is 0.910. The number of ether oxygens (including phenoxy) is 2. The van der Waals surface area contributed by atoms with Crippen molar-refractivity contribution in [1.29, 1.82) is 5.26 Å². The lowest BCUT2D eigenvalue weighted by Gasteiger charge is -2.28. The first-order chi connectivity index (χ1) is 20.0. The van der Waals surface area contributed by atoms with E-state index in [4.69, 9.17) is 14.7 Å². The van der Waals surface area contributed by atoms with E-state index in [1.807, 2.05) is 79.0 Å². The number of nitrogens with one attached hydrogen (secondary N) is 1. The molecule has 1 aliphatic rings. The van der Waals surface area contributed by atoms with Gasteiger partial charge in [0, 0.05) is 43.8 Å². The second-order valence-corrected chi connectivity index (χ2v) is 9.92. The lowest BCUT2D eigenvalue weighted by Crippen LogP contribution is -2.46. The van der Waals surface area contributed by atoms with Crippen LogP contribution >= 0.6 is 0 Å². The predicted molar refractivity (Wildman–Crippen MR) is 157 cm³/mol. The van der Waals surface area contributed by atoms with Crippen LogP contribution in [0.5, 0.6) is 11.5 Å². The van der Waals surface area contributed by atoms with Gasteiger partial charge in [0.25, 0.3) is 5.91 Å². The molecule has 1 aliphatic heterocycles. The maximum atomic E-state index is 13.1. The molecule has 0 aromatic heterocycles. The minimum absolute atomic E-state index is 0.105. The molecule has 4 rings (SSSR count). The van der Waals surface area contributed by atoms with Gasteiger partial charge in [0.2, 0.25) is 5.91 Å². The monoisotopic (exact) mass is 551 g/mol. The predicted octanol–water partition coefficient (Wildman–Crippen LogP) is 5.13. The van der Waals surface area contributed by atoms with E-state index in [-0.39, 0.29) is 24.5 Å². The van der Waals surface area contributed by atoms with Crippen molar-refractivity contribution in [2.45, 2.75) is 45.2 Å². The van der Waals surface area contributed by atoms with E-state index >= 15 is 0 Å². The van der Waals surface area contributed by atoms with E-state index in [1.54, 1.807) is 12.0 Å². The summed E-state index contributed by atoms with van der Waals surface area (Å²) in [7, 11) is 1.61. The number of fused-ring (bicyclic) bond motifs is 1. The van der Waals surface area contributed by atoms with Crippen molar-refractivity contribution in [3.8, 4) is 17.6 Å². The fourth-order valence-corrected chi connectivity index (χ4v) is 4.82. The van der Waals surface area contributed by atoms with Gasteiger partial charge in [-0.25, -0.2) is 0 Å². The number of hydrogen-bond acceptors (Lipinski definition) is 5. The van der Waals surface area contributed by atoms with Crippen LogP contribution in [0.1, 0.15) is 42.9 Å². The van der Waals surface area contributed by atoms with Gasteiger partial charge < -0.3 is 19.7 Å². The Labute approximate surface area is 241 Å². The Morgan fingerprint density at radius 1 is 1.05 bits per heavy atom. The molecule has 0 bridgehead atoms. The van der Waals surface area contributed by atoms with Gasteiger partial charge >= 0.3 is 0 Å². The molecule has 211 valence electrons. The normalized spacial score (nSPS) is 12.3. The molecule has 0 saturated heterocycles. The Hall–Kier alpha value is -4.77. The Morgan fingerprint density at radius 3 is 2.56 bits per heavy atom. The van der Waals surface area contributed by atoms with Crippen molar-refractivity contribution >= 4 is 23.1 Å². The van der Waals surface area contributed by atoms with E-state index in [0.717, 1.165) is 40.8 Å². The summed E-state index contributed by atoms with van der Waals surface area (Å²) in [6.07, 6.45) is 4.48. The smallest absolute Gasteiger partial charge is 0.258 e. The van der Waals surface area contributed by atoms with Crippen molar-refractivity contribution in [3.05, 3.63) is 95.7 Å². The molecule has 2 amide bonds. The van der Waals surface area contributed by atoms with Crippen LogP contribution in [0.25, 0.3) is 5.57 Å². The number of benzene rings is 3. The summed E-state index contributed by atoms with van der Waals surface area (Å²) in [6.45, 7) is 2.02. The summed E-state index contributed by atoms with van der Waals surface area (Å²) >= 11 is 0. The van der Waals surface area contributed by atoms with E-state index in [0.29, 0.717) is 37.4 Å². The minimum atomic E-state index is -0.375. The number of para-hydroxylation sites is 2. The molecule has 1 heterocycles. The number of methoxy groups -OCH3 is 1. The van der Waals surface area contributed by atoms with E-state index in [2.05, 4.69) is 16.7 Å². The molecule has 1 N–H and O–H groups in total. The van der Waals surface area contributed by atoms with E-state index in [9.17, 15) is 9.59 Å². The van der Waals surface area contributed by atoms with Crippen LogP contribution < -0.4 is 20.1 Å². The topological polar surface area (TPSA) is 106 Å². The number of nitrogens with zero attached hydrogens (tertiary/aromatic N) is 3. The van der Waals surface area contributed by atoms with E-state index in [1.165, 1.54) is 6.92 Å². The molecule has 8 nitrogen and oxygen atoms in total. The molecule has 8 heteroatoms. The van der Waals surface area contributed by atoms with Gasteiger partial charge in [-0.3, -0.25) is 14.9 Å². The SMILES string of the molecule is COc1ccccc1CN(CC(CC1=C[N]c2ccccc21)NC(=O)COc1ccc(CCCC#N)cc1)C(C)=O. The maximum Gasteiger partial charge on any atom is 0.258 e. The number of rotatable bonds is 14. The number of aryl methyl sites for hydroxylation is 1. The van der Waals surface area contributed by atoms with Crippen molar-refractivity contribution in [2.24, 2.45) is 0 Å². The molecule has 0 saturated carbocycles. The molecule has 0 aliphatic carbocycles. The highest BCUT2D eigenvalue weighted by Crippen LogP contribution is 2.33. The number of amides is 2. The number of carbonyl (C=O) groups is 2. The average molecular weight is 552 g/mol. The Kier molecular flexibility index (Phi) is 10.4. The highest BCUT2D eigenvalue weighted by atomic mass is 16.5. The van der Waals surface area contributed by atoms with Crippen LogP contribution in [0, 0.1) is 11.3 Å². The molecule has 41 heavy (non-hydrogen) atoms. The third kappa shape index (κ3) is 8.36. The minimum Gasteiger partial charge on any atom is -0.496 e. The van der Waals surface area contributed by atoms with Crippen molar-refractivity contribution in [3.63, 3.8) is 0 Å². The molecule has 0 fully saturated rings. The zero-order valence-corrected chi connectivity index (χ0v) is 23.5. The van der Waals surface area contributed by atoms with E-state index < -0.39 is 0 Å². The lowest BCUT2D eigenvalue weighted by molar-refractivity contribution is -0.131. The lowest BCUT2D eigenvalue weighted by atomic mass is 9.99. The zero-order valence-electron chi connectivity index (χ0n) is 23.5. The van der Waals surface area contributed by atoms with Crippen LogP contribution in [0.3, 0.4) is 0 Å². The van der Waals surface area contributed by atoms with Crippen molar-refractivity contribution in [1.82, 2.24) is 15.5 Å². The zero-order chi connectivity index (χ0) is 29.0. The third-order valence-electron chi connectivity index (χ3n) is 6.93. The molecule has 1 radical (unpaired) electrons. The molecule has 0 spiro atoms. The fourth-order valence-electron chi connectivity index (χ4n) is 4.82. The maximum absolute atomic E-state index is 13.1. The Balaban J connectivity index is 1.44. The van der Waals surface area contributed by atoms with Crippen molar-refractivity contribution in [2.75, 3.05) is 20.3 Å². The van der Waals surface area contributed by atoms with Gasteiger partial charge in [-0.1, -0.05) is 48.5 Å². The molecule has 3 aromatic carbocycles. The molecule has 1 atom stereocenters. The number of unbranched alkanes of at least 4 members (excludes halogenated alkanes) is 1. The Bertz CT molecular complexity index is 1410. The molecule has 3 aromatic rings.